The maximum absolute atomic E-state index is 13.5. The molecular weight excluding hydrogens is 604 g/mol. The summed E-state index contributed by atoms with van der Waals surface area (Å²) in [6.45, 7) is 13.5. The first-order valence-corrected chi connectivity index (χ1v) is 16.8. The van der Waals surface area contributed by atoms with Crippen molar-refractivity contribution >= 4 is 30.0 Å². The van der Waals surface area contributed by atoms with E-state index in [0.717, 1.165) is 24.8 Å². The van der Waals surface area contributed by atoms with E-state index in [-0.39, 0.29) is 25.4 Å². The third kappa shape index (κ3) is 21.6. The number of rotatable bonds is 20. The van der Waals surface area contributed by atoms with Gasteiger partial charge < -0.3 is 35.5 Å². The zero-order valence-corrected chi connectivity index (χ0v) is 29.5. The van der Waals surface area contributed by atoms with Gasteiger partial charge in [-0.15, -0.1) is 0 Å². The van der Waals surface area contributed by atoms with Crippen molar-refractivity contribution in [2.75, 3.05) is 13.1 Å². The van der Waals surface area contributed by atoms with E-state index in [2.05, 4.69) is 28.2 Å². The van der Waals surface area contributed by atoms with Crippen LogP contribution in [0.4, 0.5) is 9.59 Å². The van der Waals surface area contributed by atoms with Gasteiger partial charge in [0, 0.05) is 19.5 Å². The molecule has 4 N–H and O–H groups in total. The number of carbonyl (C=O) groups is 5. The SMILES string of the molecule is CCCCCC(=O)NCCCCC(NC(=O)C(CCCCNC(=O)OC(C)(C)C)NC(=O)OCc1ccccc1)C(=O)OC(C)(C)C. The first-order valence-electron chi connectivity index (χ1n) is 16.8. The molecule has 0 saturated heterocycles. The highest BCUT2D eigenvalue weighted by molar-refractivity contribution is 5.89. The predicted octanol–water partition coefficient (Wildman–Crippen LogP) is 5.67. The van der Waals surface area contributed by atoms with E-state index in [1.165, 1.54) is 0 Å². The van der Waals surface area contributed by atoms with Crippen molar-refractivity contribution in [3.63, 3.8) is 0 Å². The van der Waals surface area contributed by atoms with Crippen molar-refractivity contribution in [2.24, 2.45) is 0 Å². The summed E-state index contributed by atoms with van der Waals surface area (Å²) >= 11 is 0. The lowest BCUT2D eigenvalue weighted by atomic mass is 10.1. The molecule has 0 aliphatic carbocycles. The Morgan fingerprint density at radius 3 is 1.87 bits per heavy atom. The Morgan fingerprint density at radius 1 is 0.681 bits per heavy atom. The minimum absolute atomic E-state index is 0.00445. The van der Waals surface area contributed by atoms with Crippen molar-refractivity contribution in [1.29, 1.82) is 0 Å². The van der Waals surface area contributed by atoms with Gasteiger partial charge >= 0.3 is 18.2 Å². The number of hydrogen-bond donors (Lipinski definition) is 4. The highest BCUT2D eigenvalue weighted by atomic mass is 16.6. The number of ether oxygens (including phenoxy) is 3. The van der Waals surface area contributed by atoms with Gasteiger partial charge in [0.1, 0.15) is 29.9 Å². The molecule has 1 aromatic carbocycles. The summed E-state index contributed by atoms with van der Waals surface area (Å²) in [4.78, 5) is 63.3. The molecule has 0 saturated carbocycles. The Hall–Kier alpha value is -3.83. The largest absolute Gasteiger partial charge is 0.458 e. The number of carbonyl (C=O) groups excluding carboxylic acids is 5. The summed E-state index contributed by atoms with van der Waals surface area (Å²) in [7, 11) is 0. The van der Waals surface area contributed by atoms with E-state index >= 15 is 0 Å². The van der Waals surface area contributed by atoms with Crippen LogP contribution in [0.2, 0.25) is 0 Å². The van der Waals surface area contributed by atoms with Crippen LogP contribution in [0.3, 0.4) is 0 Å². The Bertz CT molecular complexity index is 1100. The second-order valence-electron chi connectivity index (χ2n) is 13.6. The highest BCUT2D eigenvalue weighted by Gasteiger charge is 2.30. The molecular formula is C35H58N4O8. The Labute approximate surface area is 280 Å². The zero-order valence-electron chi connectivity index (χ0n) is 29.5. The van der Waals surface area contributed by atoms with Crippen molar-refractivity contribution in [2.45, 2.75) is 143 Å². The number of alkyl carbamates (subject to hydrolysis) is 2. The molecule has 0 radical (unpaired) electrons. The average Bonchev–Trinajstić information content (AvgIpc) is 2.97. The molecule has 2 atom stereocenters. The van der Waals surface area contributed by atoms with Crippen LogP contribution in [0, 0.1) is 0 Å². The zero-order chi connectivity index (χ0) is 35.3. The Morgan fingerprint density at radius 2 is 1.28 bits per heavy atom. The van der Waals surface area contributed by atoms with Gasteiger partial charge in [-0.2, -0.15) is 0 Å². The molecule has 0 aliphatic heterocycles. The lowest BCUT2D eigenvalue weighted by Gasteiger charge is -2.26. The summed E-state index contributed by atoms with van der Waals surface area (Å²) in [5.74, 6) is -1.13. The fourth-order valence-corrected chi connectivity index (χ4v) is 4.37. The number of benzene rings is 1. The summed E-state index contributed by atoms with van der Waals surface area (Å²) in [6.07, 6.45) is 4.76. The molecule has 0 heterocycles. The second-order valence-corrected chi connectivity index (χ2v) is 13.6. The van der Waals surface area contributed by atoms with E-state index in [0.29, 0.717) is 45.2 Å². The third-order valence-corrected chi connectivity index (χ3v) is 6.67. The van der Waals surface area contributed by atoms with Gasteiger partial charge in [0.05, 0.1) is 0 Å². The summed E-state index contributed by atoms with van der Waals surface area (Å²) in [5.41, 5.74) is -0.601. The molecule has 0 fully saturated rings. The first kappa shape index (κ1) is 41.2. The van der Waals surface area contributed by atoms with Crippen LogP contribution in [-0.2, 0) is 35.2 Å². The standard InChI is InChI=1S/C35H58N4O8/c1-8-9-11-22-29(40)36-23-16-15-21-28(31(42)46-34(2,3)4)38-30(41)27(20-14-17-24-37-32(43)47-35(5,6)7)39-33(44)45-25-26-18-12-10-13-19-26/h10,12-13,18-19,27-28H,8-9,11,14-17,20-25H2,1-7H3,(H,36,40)(H,37,43)(H,38,41)(H,39,44). The average molecular weight is 663 g/mol. The van der Waals surface area contributed by atoms with E-state index in [1.54, 1.807) is 41.5 Å². The number of nitrogens with one attached hydrogen (secondary N) is 4. The molecule has 47 heavy (non-hydrogen) atoms. The van der Waals surface area contributed by atoms with Crippen LogP contribution in [0.25, 0.3) is 0 Å². The van der Waals surface area contributed by atoms with Gasteiger partial charge in [-0.1, -0.05) is 50.1 Å². The maximum atomic E-state index is 13.5. The van der Waals surface area contributed by atoms with Crippen LogP contribution in [0.15, 0.2) is 30.3 Å². The lowest BCUT2D eigenvalue weighted by Crippen LogP contribution is -2.52. The predicted molar refractivity (Wildman–Crippen MR) is 180 cm³/mol. The fraction of sp³-hybridized carbons (Fsp3) is 0.686. The quantitative estimate of drug-likeness (QED) is 0.0789. The molecule has 12 nitrogen and oxygen atoms in total. The molecule has 0 bridgehead atoms. The van der Waals surface area contributed by atoms with Crippen LogP contribution >= 0.6 is 0 Å². The van der Waals surface area contributed by atoms with Crippen molar-refractivity contribution in [3.05, 3.63) is 35.9 Å². The maximum Gasteiger partial charge on any atom is 0.408 e. The van der Waals surface area contributed by atoms with Gasteiger partial charge in [-0.05, 0) is 92.1 Å². The van der Waals surface area contributed by atoms with E-state index in [4.69, 9.17) is 14.2 Å². The van der Waals surface area contributed by atoms with Crippen LogP contribution in [0.1, 0.15) is 118 Å². The second kappa shape index (κ2) is 21.9. The van der Waals surface area contributed by atoms with Crippen molar-refractivity contribution in [1.82, 2.24) is 21.3 Å². The highest BCUT2D eigenvalue weighted by Crippen LogP contribution is 2.13. The van der Waals surface area contributed by atoms with E-state index in [1.807, 2.05) is 30.3 Å². The topological polar surface area (TPSA) is 161 Å². The fourth-order valence-electron chi connectivity index (χ4n) is 4.37. The molecule has 2 unspecified atom stereocenters. The van der Waals surface area contributed by atoms with Gasteiger partial charge in [0.25, 0.3) is 0 Å². The van der Waals surface area contributed by atoms with E-state index < -0.39 is 47.3 Å². The van der Waals surface area contributed by atoms with Crippen LogP contribution in [0.5, 0.6) is 0 Å². The smallest absolute Gasteiger partial charge is 0.408 e. The number of unbranched alkanes of at least 4 members (excludes halogenated alkanes) is 4. The lowest BCUT2D eigenvalue weighted by molar-refractivity contribution is -0.159. The number of esters is 1. The van der Waals surface area contributed by atoms with Gasteiger partial charge in [-0.3, -0.25) is 9.59 Å². The minimum atomic E-state index is -1.01. The van der Waals surface area contributed by atoms with Gasteiger partial charge in [0.2, 0.25) is 11.8 Å². The molecule has 1 aromatic rings. The van der Waals surface area contributed by atoms with Crippen molar-refractivity contribution in [3.8, 4) is 0 Å². The first-order chi connectivity index (χ1) is 22.1. The Kier molecular flexibility index (Phi) is 19.2. The Balaban J connectivity index is 2.85. The van der Waals surface area contributed by atoms with Crippen LogP contribution < -0.4 is 21.3 Å². The summed E-state index contributed by atoms with van der Waals surface area (Å²) < 4.78 is 16.2. The normalized spacial score (nSPS) is 12.7. The molecule has 4 amide bonds. The molecule has 0 aromatic heterocycles. The molecule has 0 spiro atoms. The van der Waals surface area contributed by atoms with Crippen molar-refractivity contribution < 1.29 is 38.2 Å². The molecule has 266 valence electrons. The summed E-state index contributed by atoms with van der Waals surface area (Å²) in [6, 6.07) is 7.18. The van der Waals surface area contributed by atoms with Gasteiger partial charge in [0.15, 0.2) is 0 Å². The molecule has 0 aliphatic rings. The summed E-state index contributed by atoms with van der Waals surface area (Å²) in [5, 5.41) is 11.0. The van der Waals surface area contributed by atoms with Crippen LogP contribution in [-0.4, -0.2) is 66.3 Å². The van der Waals surface area contributed by atoms with Gasteiger partial charge in [-0.25, -0.2) is 14.4 Å². The minimum Gasteiger partial charge on any atom is -0.458 e. The number of amides is 4. The molecule has 1 rings (SSSR count). The third-order valence-electron chi connectivity index (χ3n) is 6.67. The monoisotopic (exact) mass is 662 g/mol. The molecule has 12 heteroatoms. The number of hydrogen-bond acceptors (Lipinski definition) is 8. The van der Waals surface area contributed by atoms with E-state index in [9.17, 15) is 24.0 Å².